The molecule has 0 aliphatic heterocycles. The van der Waals surface area contributed by atoms with E-state index in [1.165, 1.54) is 11.3 Å². The number of hydrazine groups is 1. The van der Waals surface area contributed by atoms with Crippen LogP contribution < -0.4 is 10.7 Å². The first kappa shape index (κ1) is 17.5. The van der Waals surface area contributed by atoms with Crippen molar-refractivity contribution < 1.29 is 9.59 Å². The number of anilines is 1. The zero-order valence-electron chi connectivity index (χ0n) is 13.0. The summed E-state index contributed by atoms with van der Waals surface area (Å²) in [7, 11) is 3.48. The Bertz CT molecular complexity index is 656. The van der Waals surface area contributed by atoms with Gasteiger partial charge in [0, 0.05) is 31.2 Å². The van der Waals surface area contributed by atoms with Crippen LogP contribution >= 0.6 is 23.1 Å². The number of nitrogens with one attached hydrogen (secondary N) is 2. The van der Waals surface area contributed by atoms with E-state index in [0.29, 0.717) is 22.7 Å². The van der Waals surface area contributed by atoms with E-state index in [1.54, 1.807) is 42.3 Å². The maximum absolute atomic E-state index is 12.0. The van der Waals surface area contributed by atoms with Gasteiger partial charge in [-0.2, -0.15) is 0 Å². The van der Waals surface area contributed by atoms with Gasteiger partial charge in [-0.1, -0.05) is 18.2 Å². The van der Waals surface area contributed by atoms with Crippen LogP contribution in [0, 0.1) is 0 Å². The van der Waals surface area contributed by atoms with Gasteiger partial charge in [0.25, 0.3) is 5.91 Å². The summed E-state index contributed by atoms with van der Waals surface area (Å²) in [6.07, 6.45) is 0.395. The van der Waals surface area contributed by atoms with Crippen LogP contribution in [0.4, 0.5) is 5.00 Å². The van der Waals surface area contributed by atoms with Gasteiger partial charge in [-0.05, 0) is 23.6 Å². The van der Waals surface area contributed by atoms with Crippen LogP contribution in [0.2, 0.25) is 0 Å². The minimum absolute atomic E-state index is 0.0882. The van der Waals surface area contributed by atoms with E-state index >= 15 is 0 Å². The molecular formula is C16H19N3O2S2. The van der Waals surface area contributed by atoms with Crippen molar-refractivity contribution in [1.29, 1.82) is 0 Å². The summed E-state index contributed by atoms with van der Waals surface area (Å²) in [5.41, 5.74) is 3.15. The van der Waals surface area contributed by atoms with Gasteiger partial charge in [-0.3, -0.25) is 15.0 Å². The molecule has 122 valence electrons. The van der Waals surface area contributed by atoms with E-state index < -0.39 is 0 Å². The fraction of sp³-hybridized carbons (Fsp3) is 0.250. The molecule has 2 amide bonds. The molecule has 0 radical (unpaired) electrons. The molecule has 0 saturated carbocycles. The average Bonchev–Trinajstić information content (AvgIpc) is 2.96. The average molecular weight is 349 g/mol. The number of rotatable bonds is 7. The summed E-state index contributed by atoms with van der Waals surface area (Å²) >= 11 is 2.98. The van der Waals surface area contributed by atoms with Crippen LogP contribution in [0.15, 0.2) is 46.7 Å². The Hall–Kier alpha value is -1.83. The molecule has 5 nitrogen and oxygen atoms in total. The summed E-state index contributed by atoms with van der Waals surface area (Å²) in [6.45, 7) is 0. The smallest absolute Gasteiger partial charge is 0.268 e. The minimum Gasteiger partial charge on any atom is -0.317 e. The van der Waals surface area contributed by atoms with Gasteiger partial charge in [0.2, 0.25) is 5.91 Å². The van der Waals surface area contributed by atoms with Crippen molar-refractivity contribution in [3.8, 4) is 0 Å². The lowest BCUT2D eigenvalue weighted by Gasteiger charge is -2.12. The van der Waals surface area contributed by atoms with Gasteiger partial charge in [0.05, 0.1) is 5.56 Å². The highest BCUT2D eigenvalue weighted by Crippen LogP contribution is 2.24. The Morgan fingerprint density at radius 3 is 2.61 bits per heavy atom. The first-order chi connectivity index (χ1) is 11.1. The lowest BCUT2D eigenvalue weighted by Crippen LogP contribution is -2.36. The Labute approximate surface area is 144 Å². The number of thiophene rings is 1. The van der Waals surface area contributed by atoms with Crippen LogP contribution in [-0.2, 0) is 4.79 Å². The van der Waals surface area contributed by atoms with Crippen molar-refractivity contribution in [1.82, 2.24) is 10.4 Å². The van der Waals surface area contributed by atoms with Crippen molar-refractivity contribution in [2.75, 3.05) is 25.2 Å². The van der Waals surface area contributed by atoms with Crippen molar-refractivity contribution in [3.63, 3.8) is 0 Å². The molecule has 0 fully saturated rings. The highest BCUT2D eigenvalue weighted by Gasteiger charge is 2.15. The van der Waals surface area contributed by atoms with Crippen molar-refractivity contribution >= 4 is 39.9 Å². The molecule has 2 aromatic rings. The van der Waals surface area contributed by atoms with Gasteiger partial charge < -0.3 is 5.32 Å². The van der Waals surface area contributed by atoms with Gasteiger partial charge >= 0.3 is 0 Å². The molecule has 23 heavy (non-hydrogen) atoms. The quantitative estimate of drug-likeness (QED) is 0.596. The maximum atomic E-state index is 12.0. The van der Waals surface area contributed by atoms with Crippen LogP contribution in [0.1, 0.15) is 16.8 Å². The number of nitrogens with zero attached hydrogens (tertiary/aromatic N) is 1. The molecule has 1 heterocycles. The molecule has 2 rings (SSSR count). The summed E-state index contributed by atoms with van der Waals surface area (Å²) in [6, 6.07) is 11.7. The number of thioether (sulfide) groups is 1. The lowest BCUT2D eigenvalue weighted by molar-refractivity contribution is -0.115. The third-order valence-electron chi connectivity index (χ3n) is 2.83. The Morgan fingerprint density at radius 2 is 1.91 bits per heavy atom. The summed E-state index contributed by atoms with van der Waals surface area (Å²) in [5.74, 6) is 0.375. The van der Waals surface area contributed by atoms with E-state index in [0.717, 1.165) is 4.90 Å². The Kier molecular flexibility index (Phi) is 6.64. The standard InChI is InChI=1S/C16H19N3O2S2/c1-19(2)18-15(21)13-8-10-23-16(13)17-14(20)9-11-22-12-6-4-3-5-7-12/h3-8,10H,9,11H2,1-2H3,(H,17,20)(H,18,21). The summed E-state index contributed by atoms with van der Waals surface area (Å²) in [5, 5.41) is 6.76. The maximum Gasteiger partial charge on any atom is 0.268 e. The van der Waals surface area contributed by atoms with E-state index in [4.69, 9.17) is 0 Å². The van der Waals surface area contributed by atoms with Crippen molar-refractivity contribution in [3.05, 3.63) is 47.3 Å². The zero-order chi connectivity index (χ0) is 16.7. The second-order valence-electron chi connectivity index (χ2n) is 4.96. The molecule has 0 bridgehead atoms. The van der Waals surface area contributed by atoms with E-state index in [2.05, 4.69) is 10.7 Å². The summed E-state index contributed by atoms with van der Waals surface area (Å²) in [4.78, 5) is 25.2. The van der Waals surface area contributed by atoms with Crippen LogP contribution in [0.3, 0.4) is 0 Å². The number of carbonyl (C=O) groups is 2. The number of hydrogen-bond acceptors (Lipinski definition) is 5. The fourth-order valence-corrected chi connectivity index (χ4v) is 3.49. The molecule has 0 saturated heterocycles. The third kappa shape index (κ3) is 5.70. The normalized spacial score (nSPS) is 10.6. The Morgan fingerprint density at radius 1 is 1.17 bits per heavy atom. The molecule has 0 aliphatic rings. The molecule has 0 atom stereocenters. The fourth-order valence-electron chi connectivity index (χ4n) is 1.82. The molecular weight excluding hydrogens is 330 g/mol. The van der Waals surface area contributed by atoms with E-state index in [1.807, 2.05) is 30.3 Å². The van der Waals surface area contributed by atoms with Crippen LogP contribution in [0.5, 0.6) is 0 Å². The molecule has 0 unspecified atom stereocenters. The Balaban J connectivity index is 1.84. The topological polar surface area (TPSA) is 61.4 Å². The largest absolute Gasteiger partial charge is 0.317 e. The van der Waals surface area contributed by atoms with Gasteiger partial charge in [-0.15, -0.1) is 23.1 Å². The number of carbonyl (C=O) groups excluding carboxylic acids is 2. The molecule has 1 aromatic heterocycles. The van der Waals surface area contributed by atoms with E-state index in [-0.39, 0.29) is 11.8 Å². The minimum atomic E-state index is -0.231. The highest BCUT2D eigenvalue weighted by atomic mass is 32.2. The summed E-state index contributed by atoms with van der Waals surface area (Å²) < 4.78 is 0. The number of hydrogen-bond donors (Lipinski definition) is 2. The van der Waals surface area contributed by atoms with Crippen LogP contribution in [0.25, 0.3) is 0 Å². The predicted molar refractivity (Wildman–Crippen MR) is 95.9 cm³/mol. The molecule has 1 aromatic carbocycles. The lowest BCUT2D eigenvalue weighted by atomic mass is 10.3. The third-order valence-corrected chi connectivity index (χ3v) is 4.67. The second kappa shape index (κ2) is 8.71. The predicted octanol–water partition coefficient (Wildman–Crippen LogP) is 3.08. The number of benzene rings is 1. The highest BCUT2D eigenvalue weighted by molar-refractivity contribution is 7.99. The van der Waals surface area contributed by atoms with Crippen LogP contribution in [-0.4, -0.2) is 36.7 Å². The van der Waals surface area contributed by atoms with Gasteiger partial charge in [-0.25, -0.2) is 5.01 Å². The molecule has 0 aliphatic carbocycles. The van der Waals surface area contributed by atoms with Gasteiger partial charge in [0.1, 0.15) is 5.00 Å². The van der Waals surface area contributed by atoms with Crippen molar-refractivity contribution in [2.45, 2.75) is 11.3 Å². The zero-order valence-corrected chi connectivity index (χ0v) is 14.7. The molecule has 2 N–H and O–H groups in total. The molecule has 0 spiro atoms. The molecule has 7 heteroatoms. The number of amides is 2. The van der Waals surface area contributed by atoms with Crippen molar-refractivity contribution in [2.24, 2.45) is 0 Å². The second-order valence-corrected chi connectivity index (χ2v) is 7.04. The SMILES string of the molecule is CN(C)NC(=O)c1ccsc1NC(=O)CCSc1ccccc1. The van der Waals surface area contributed by atoms with E-state index in [9.17, 15) is 9.59 Å². The van der Waals surface area contributed by atoms with Gasteiger partial charge in [0.15, 0.2) is 0 Å². The monoisotopic (exact) mass is 349 g/mol. The first-order valence-electron chi connectivity index (χ1n) is 7.10. The first-order valence-corrected chi connectivity index (χ1v) is 8.96.